The van der Waals surface area contributed by atoms with E-state index in [9.17, 15) is 4.39 Å². The number of likely N-dealkylation sites (N-methyl/N-ethyl adjacent to an activating group) is 1. The number of ether oxygens (including phenoxy) is 1. The van der Waals surface area contributed by atoms with Crippen LogP contribution in [0.15, 0.2) is 23.2 Å². The Hall–Kier alpha value is -1.82. The first-order valence-electron chi connectivity index (χ1n) is 9.63. The molecule has 1 unspecified atom stereocenters. The van der Waals surface area contributed by atoms with Gasteiger partial charge in [-0.2, -0.15) is 0 Å². The Bertz CT molecular complexity index is 587. The lowest BCUT2D eigenvalue weighted by Gasteiger charge is -2.23. The first-order chi connectivity index (χ1) is 12.5. The van der Waals surface area contributed by atoms with Gasteiger partial charge in [0.1, 0.15) is 0 Å². The van der Waals surface area contributed by atoms with Crippen LogP contribution >= 0.6 is 0 Å². The Kier molecular flexibility index (Phi) is 8.16. The molecule has 2 N–H and O–H groups in total. The van der Waals surface area contributed by atoms with Crippen LogP contribution in [-0.2, 0) is 0 Å². The lowest BCUT2D eigenvalue weighted by atomic mass is 10.1. The monoisotopic (exact) mass is 364 g/mol. The van der Waals surface area contributed by atoms with E-state index in [1.54, 1.807) is 6.07 Å². The topological polar surface area (TPSA) is 48.9 Å². The number of nitrogens with zero attached hydrogens (tertiary/aromatic N) is 2. The Morgan fingerprint density at radius 1 is 1.38 bits per heavy atom. The van der Waals surface area contributed by atoms with Crippen molar-refractivity contribution in [2.24, 2.45) is 4.99 Å². The second-order valence-electron chi connectivity index (χ2n) is 6.94. The van der Waals surface area contributed by atoms with Gasteiger partial charge in [0.05, 0.1) is 19.7 Å². The van der Waals surface area contributed by atoms with Gasteiger partial charge < -0.3 is 20.3 Å². The lowest BCUT2D eigenvalue weighted by Crippen LogP contribution is -2.39. The number of nitrogens with one attached hydrogen (secondary N) is 2. The van der Waals surface area contributed by atoms with Crippen molar-refractivity contribution in [1.29, 1.82) is 0 Å². The molecule has 0 saturated heterocycles. The van der Waals surface area contributed by atoms with Crippen LogP contribution in [0.25, 0.3) is 0 Å². The summed E-state index contributed by atoms with van der Waals surface area (Å²) in [5.41, 5.74) is 0.858. The zero-order valence-corrected chi connectivity index (χ0v) is 16.5. The third kappa shape index (κ3) is 5.87. The molecule has 0 aliphatic heterocycles. The third-order valence-electron chi connectivity index (χ3n) is 5.04. The standard InChI is InChI=1S/C20H33FN4O/c1-5-22-20(23-12-13-25(3)17-8-6-7-9-17)24-15(2)16-10-11-19(26-4)18(21)14-16/h10-11,14-15,17H,5-9,12-13H2,1-4H3,(H2,22,23,24). The highest BCUT2D eigenvalue weighted by Gasteiger charge is 2.18. The lowest BCUT2D eigenvalue weighted by molar-refractivity contribution is 0.252. The molecule has 1 saturated carbocycles. The average molecular weight is 365 g/mol. The van der Waals surface area contributed by atoms with E-state index in [0.29, 0.717) is 6.04 Å². The van der Waals surface area contributed by atoms with Crippen LogP contribution in [-0.4, -0.2) is 50.7 Å². The number of hydrogen-bond donors (Lipinski definition) is 2. The first-order valence-corrected chi connectivity index (χ1v) is 9.63. The van der Waals surface area contributed by atoms with Gasteiger partial charge in [-0.3, -0.25) is 4.99 Å². The van der Waals surface area contributed by atoms with Crippen molar-refractivity contribution in [3.05, 3.63) is 29.6 Å². The molecule has 0 radical (unpaired) electrons. The molecule has 5 nitrogen and oxygen atoms in total. The largest absolute Gasteiger partial charge is 0.494 e. The molecule has 0 bridgehead atoms. The quantitative estimate of drug-likeness (QED) is 0.549. The maximum atomic E-state index is 13.9. The minimum Gasteiger partial charge on any atom is -0.494 e. The zero-order chi connectivity index (χ0) is 18.9. The van der Waals surface area contributed by atoms with E-state index in [4.69, 9.17) is 4.74 Å². The molecular weight excluding hydrogens is 331 g/mol. The number of guanidine groups is 1. The summed E-state index contributed by atoms with van der Waals surface area (Å²) in [5.74, 6) is 0.672. The maximum Gasteiger partial charge on any atom is 0.191 e. The number of rotatable bonds is 8. The molecule has 26 heavy (non-hydrogen) atoms. The second kappa shape index (κ2) is 10.4. The van der Waals surface area contributed by atoms with Crippen LogP contribution in [0.1, 0.15) is 51.1 Å². The van der Waals surface area contributed by atoms with Gasteiger partial charge in [0.15, 0.2) is 17.5 Å². The summed E-state index contributed by atoms with van der Waals surface area (Å²) in [6.07, 6.45) is 5.30. The van der Waals surface area contributed by atoms with Crippen LogP contribution in [0.4, 0.5) is 4.39 Å². The Labute approximate surface area is 157 Å². The van der Waals surface area contributed by atoms with Crippen LogP contribution in [0.5, 0.6) is 5.75 Å². The number of benzene rings is 1. The summed E-state index contributed by atoms with van der Waals surface area (Å²) in [7, 11) is 3.66. The van der Waals surface area contributed by atoms with E-state index in [1.807, 2.05) is 19.9 Å². The molecule has 2 rings (SSSR count). The smallest absolute Gasteiger partial charge is 0.191 e. The van der Waals surface area contributed by atoms with E-state index in [0.717, 1.165) is 31.2 Å². The Morgan fingerprint density at radius 2 is 2.12 bits per heavy atom. The number of hydrogen-bond acceptors (Lipinski definition) is 3. The number of methoxy groups -OCH3 is 1. The fourth-order valence-corrected chi connectivity index (χ4v) is 3.41. The Morgan fingerprint density at radius 3 is 2.73 bits per heavy atom. The van der Waals surface area contributed by atoms with Gasteiger partial charge in [-0.25, -0.2) is 4.39 Å². The highest BCUT2D eigenvalue weighted by Crippen LogP contribution is 2.22. The van der Waals surface area contributed by atoms with Gasteiger partial charge in [0.25, 0.3) is 0 Å². The molecule has 0 spiro atoms. The van der Waals surface area contributed by atoms with Crippen molar-refractivity contribution in [1.82, 2.24) is 15.5 Å². The fraction of sp³-hybridized carbons (Fsp3) is 0.650. The molecule has 0 amide bonds. The van der Waals surface area contributed by atoms with Gasteiger partial charge in [0, 0.05) is 19.1 Å². The number of halogens is 1. The fourth-order valence-electron chi connectivity index (χ4n) is 3.41. The Balaban J connectivity index is 1.92. The van der Waals surface area contributed by atoms with Crippen molar-refractivity contribution < 1.29 is 9.13 Å². The summed E-state index contributed by atoms with van der Waals surface area (Å²) in [6.45, 7) is 6.52. The predicted molar refractivity (Wildman–Crippen MR) is 105 cm³/mol. The van der Waals surface area contributed by atoms with E-state index in [-0.39, 0.29) is 17.6 Å². The molecule has 1 aromatic carbocycles. The molecule has 1 aliphatic rings. The SMILES string of the molecule is CCNC(=NCCN(C)C1CCCC1)NC(C)c1ccc(OC)c(F)c1. The van der Waals surface area contributed by atoms with Gasteiger partial charge in [-0.05, 0) is 51.4 Å². The van der Waals surface area contributed by atoms with E-state index < -0.39 is 0 Å². The summed E-state index contributed by atoms with van der Waals surface area (Å²) in [6, 6.07) is 5.69. The van der Waals surface area contributed by atoms with Crippen molar-refractivity contribution in [2.45, 2.75) is 51.6 Å². The van der Waals surface area contributed by atoms with Crippen LogP contribution in [0, 0.1) is 5.82 Å². The maximum absolute atomic E-state index is 13.9. The van der Waals surface area contributed by atoms with Crippen LogP contribution < -0.4 is 15.4 Å². The molecule has 0 heterocycles. The van der Waals surface area contributed by atoms with Crippen molar-refractivity contribution >= 4 is 5.96 Å². The summed E-state index contributed by atoms with van der Waals surface area (Å²) in [5, 5.41) is 6.62. The van der Waals surface area contributed by atoms with Crippen molar-refractivity contribution in [2.75, 3.05) is 33.8 Å². The van der Waals surface area contributed by atoms with Gasteiger partial charge in [0.2, 0.25) is 0 Å². The van der Waals surface area contributed by atoms with E-state index in [1.165, 1.54) is 38.9 Å². The molecule has 1 fully saturated rings. The van der Waals surface area contributed by atoms with E-state index >= 15 is 0 Å². The van der Waals surface area contributed by atoms with E-state index in [2.05, 4.69) is 27.6 Å². The number of aliphatic imine (C=N–C) groups is 1. The zero-order valence-electron chi connectivity index (χ0n) is 16.5. The van der Waals surface area contributed by atoms with Crippen LogP contribution in [0.2, 0.25) is 0 Å². The van der Waals surface area contributed by atoms with Gasteiger partial charge in [-0.15, -0.1) is 0 Å². The average Bonchev–Trinajstić information content (AvgIpc) is 3.16. The predicted octanol–water partition coefficient (Wildman–Crippen LogP) is 3.32. The highest BCUT2D eigenvalue weighted by molar-refractivity contribution is 5.80. The molecule has 146 valence electrons. The minimum absolute atomic E-state index is 0.0548. The molecule has 6 heteroatoms. The molecule has 1 aliphatic carbocycles. The molecule has 1 aromatic rings. The van der Waals surface area contributed by atoms with Crippen LogP contribution in [0.3, 0.4) is 0 Å². The van der Waals surface area contributed by atoms with Gasteiger partial charge in [-0.1, -0.05) is 18.9 Å². The highest BCUT2D eigenvalue weighted by atomic mass is 19.1. The minimum atomic E-state index is -0.348. The normalized spacial score (nSPS) is 16.8. The second-order valence-corrected chi connectivity index (χ2v) is 6.94. The third-order valence-corrected chi connectivity index (χ3v) is 5.04. The first kappa shape index (κ1) is 20.5. The summed E-state index contributed by atoms with van der Waals surface area (Å²) < 4.78 is 18.9. The summed E-state index contributed by atoms with van der Waals surface area (Å²) >= 11 is 0. The molecule has 1 atom stereocenters. The van der Waals surface area contributed by atoms with Crippen molar-refractivity contribution in [3.8, 4) is 5.75 Å². The summed E-state index contributed by atoms with van der Waals surface area (Å²) in [4.78, 5) is 7.10. The molecule has 0 aromatic heterocycles. The van der Waals surface area contributed by atoms with Gasteiger partial charge >= 0.3 is 0 Å². The molecular formula is C20H33FN4O. The van der Waals surface area contributed by atoms with Crippen molar-refractivity contribution in [3.63, 3.8) is 0 Å².